The number of hydrogen-bond donors (Lipinski definition) is 5. The van der Waals surface area contributed by atoms with Gasteiger partial charge in [-0.2, -0.15) is 0 Å². The van der Waals surface area contributed by atoms with Crippen LogP contribution in [0.1, 0.15) is 6.42 Å². The molecule has 27 heavy (non-hydrogen) atoms. The summed E-state index contributed by atoms with van der Waals surface area (Å²) in [5.74, 6) is -1.42. The van der Waals surface area contributed by atoms with Crippen LogP contribution < -0.4 is 0 Å². The lowest BCUT2D eigenvalue weighted by atomic mass is 9.83. The molecule has 1 saturated heterocycles. The molecule has 0 bridgehead atoms. The van der Waals surface area contributed by atoms with Crippen LogP contribution in [-0.4, -0.2) is 88.8 Å². The normalized spacial score (nSPS) is 41.3. The van der Waals surface area contributed by atoms with Gasteiger partial charge in [-0.05, 0) is 12.0 Å². The zero-order chi connectivity index (χ0) is 19.7. The number of esters is 1. The Balaban J connectivity index is 1.80. The van der Waals surface area contributed by atoms with E-state index in [9.17, 15) is 30.3 Å². The van der Waals surface area contributed by atoms with E-state index in [0.29, 0.717) is 17.6 Å². The Hall–Kier alpha value is -1.53. The quantitative estimate of drug-likeness (QED) is 0.258. The molecular weight excluding hydrogens is 364 g/mol. The van der Waals surface area contributed by atoms with Crippen molar-refractivity contribution >= 4 is 5.97 Å². The van der Waals surface area contributed by atoms with E-state index in [0.717, 1.165) is 0 Å². The van der Waals surface area contributed by atoms with Crippen molar-refractivity contribution in [2.24, 2.45) is 11.8 Å². The first kappa shape index (κ1) is 20.2. The topological polar surface area (TPSA) is 155 Å². The average Bonchev–Trinajstić information content (AvgIpc) is 3.12. The van der Waals surface area contributed by atoms with E-state index in [1.165, 1.54) is 13.4 Å². The monoisotopic (exact) mass is 388 g/mol. The summed E-state index contributed by atoms with van der Waals surface area (Å²) >= 11 is 0. The van der Waals surface area contributed by atoms with Crippen molar-refractivity contribution in [1.29, 1.82) is 0 Å². The van der Waals surface area contributed by atoms with Crippen LogP contribution in [0, 0.1) is 11.8 Å². The minimum absolute atomic E-state index is 0.270. The predicted octanol–water partition coefficient (Wildman–Crippen LogP) is -2.23. The van der Waals surface area contributed by atoms with Gasteiger partial charge >= 0.3 is 5.97 Å². The fraction of sp³-hybridized carbons (Fsp3) is 0.706. The SMILES string of the molecule is COC(=O)C1=CO[C@H](O[C@H]2O[C@@H](CO)[C@H](O)[C@@H](O)[C@@H]2O)[C@H]2C(CO)=CC[C@@H]12. The van der Waals surface area contributed by atoms with Gasteiger partial charge in [-0.1, -0.05) is 6.08 Å². The fourth-order valence-electron chi connectivity index (χ4n) is 3.73. The van der Waals surface area contributed by atoms with Crippen LogP contribution in [0.25, 0.3) is 0 Å². The third kappa shape index (κ3) is 3.61. The lowest BCUT2D eigenvalue weighted by molar-refractivity contribution is -0.339. The molecule has 0 saturated carbocycles. The van der Waals surface area contributed by atoms with Crippen LogP contribution >= 0.6 is 0 Å². The molecule has 152 valence electrons. The van der Waals surface area contributed by atoms with Crippen molar-refractivity contribution in [3.05, 3.63) is 23.5 Å². The summed E-state index contributed by atoms with van der Waals surface area (Å²) in [6.07, 6.45) is -4.73. The number of aliphatic hydroxyl groups excluding tert-OH is 5. The highest BCUT2D eigenvalue weighted by Crippen LogP contribution is 2.44. The zero-order valence-corrected chi connectivity index (χ0v) is 14.7. The molecule has 2 heterocycles. The molecule has 2 aliphatic heterocycles. The van der Waals surface area contributed by atoms with E-state index < -0.39 is 55.5 Å². The van der Waals surface area contributed by atoms with E-state index in [-0.39, 0.29) is 12.5 Å². The van der Waals surface area contributed by atoms with Crippen molar-refractivity contribution < 1.29 is 49.3 Å². The number of carbonyl (C=O) groups is 1. The highest BCUT2D eigenvalue weighted by Gasteiger charge is 2.49. The van der Waals surface area contributed by atoms with Gasteiger partial charge in [0, 0.05) is 5.92 Å². The molecule has 8 atom stereocenters. The molecule has 0 aromatic carbocycles. The third-order valence-electron chi connectivity index (χ3n) is 5.24. The van der Waals surface area contributed by atoms with E-state index in [2.05, 4.69) is 0 Å². The van der Waals surface area contributed by atoms with Gasteiger partial charge in [0.15, 0.2) is 6.29 Å². The number of rotatable bonds is 5. The minimum Gasteiger partial charge on any atom is -0.471 e. The van der Waals surface area contributed by atoms with Crippen LogP contribution in [0.4, 0.5) is 0 Å². The van der Waals surface area contributed by atoms with Crippen LogP contribution in [0.3, 0.4) is 0 Å². The van der Waals surface area contributed by atoms with Crippen LogP contribution in [0.15, 0.2) is 23.5 Å². The molecule has 3 aliphatic rings. The van der Waals surface area contributed by atoms with Crippen molar-refractivity contribution in [2.45, 2.75) is 43.4 Å². The highest BCUT2D eigenvalue weighted by atomic mass is 16.8. The first-order chi connectivity index (χ1) is 12.9. The molecule has 0 aromatic heterocycles. The second-order valence-corrected chi connectivity index (χ2v) is 6.71. The minimum atomic E-state index is -1.59. The van der Waals surface area contributed by atoms with E-state index >= 15 is 0 Å². The first-order valence-corrected chi connectivity index (χ1v) is 8.62. The van der Waals surface area contributed by atoms with Crippen LogP contribution in [0.5, 0.6) is 0 Å². The molecule has 0 spiro atoms. The highest BCUT2D eigenvalue weighted by molar-refractivity contribution is 5.89. The number of ether oxygens (including phenoxy) is 4. The van der Waals surface area contributed by atoms with Gasteiger partial charge < -0.3 is 44.5 Å². The standard InChI is InChI=1S/C17H24O10/c1-24-15(23)9-6-25-16(11-7(4-18)2-3-8(9)11)27-17-14(22)13(21)12(20)10(5-19)26-17/h2,6,8,10-14,16-22H,3-5H2,1H3/t8-,10-,11-,12-,13+,14-,16+,17+/m0/s1. The van der Waals surface area contributed by atoms with E-state index in [1.807, 2.05) is 0 Å². The summed E-state index contributed by atoms with van der Waals surface area (Å²) < 4.78 is 21.3. The van der Waals surface area contributed by atoms with Crippen molar-refractivity contribution in [2.75, 3.05) is 20.3 Å². The molecule has 10 heteroatoms. The maximum Gasteiger partial charge on any atom is 0.337 e. The summed E-state index contributed by atoms with van der Waals surface area (Å²) in [5, 5.41) is 48.8. The molecule has 5 N–H and O–H groups in total. The fourth-order valence-corrected chi connectivity index (χ4v) is 3.73. The maximum absolute atomic E-state index is 12.0. The van der Waals surface area contributed by atoms with E-state index in [1.54, 1.807) is 6.08 Å². The molecule has 3 rings (SSSR count). The number of methoxy groups -OCH3 is 1. The number of fused-ring (bicyclic) bond motifs is 1. The molecule has 0 aromatic rings. The molecule has 1 fully saturated rings. The van der Waals surface area contributed by atoms with Crippen LogP contribution in [0.2, 0.25) is 0 Å². The largest absolute Gasteiger partial charge is 0.471 e. The molecular formula is C17H24O10. The molecule has 0 amide bonds. The number of hydrogen-bond acceptors (Lipinski definition) is 10. The Kier molecular flexibility index (Phi) is 6.16. The zero-order valence-electron chi connectivity index (χ0n) is 14.7. The van der Waals surface area contributed by atoms with Gasteiger partial charge in [-0.15, -0.1) is 0 Å². The number of allylic oxidation sites excluding steroid dienone is 1. The number of aliphatic hydroxyl groups is 5. The smallest absolute Gasteiger partial charge is 0.337 e. The molecule has 10 nitrogen and oxygen atoms in total. The van der Waals surface area contributed by atoms with Gasteiger partial charge in [0.1, 0.15) is 24.4 Å². The average molecular weight is 388 g/mol. The summed E-state index contributed by atoms with van der Waals surface area (Å²) in [7, 11) is 1.25. The van der Waals surface area contributed by atoms with Gasteiger partial charge in [0.25, 0.3) is 0 Å². The van der Waals surface area contributed by atoms with Crippen molar-refractivity contribution in [1.82, 2.24) is 0 Å². The molecule has 0 unspecified atom stereocenters. The second-order valence-electron chi connectivity index (χ2n) is 6.71. The lowest BCUT2D eigenvalue weighted by Crippen LogP contribution is -2.60. The summed E-state index contributed by atoms with van der Waals surface area (Å²) in [5.41, 5.74) is 0.903. The van der Waals surface area contributed by atoms with Crippen molar-refractivity contribution in [3.8, 4) is 0 Å². The molecule has 0 radical (unpaired) electrons. The van der Waals surface area contributed by atoms with Gasteiger partial charge in [-0.3, -0.25) is 0 Å². The number of carbonyl (C=O) groups excluding carboxylic acids is 1. The summed E-state index contributed by atoms with van der Waals surface area (Å²) in [6.45, 7) is -0.857. The second kappa shape index (κ2) is 8.23. The maximum atomic E-state index is 12.0. The Morgan fingerprint density at radius 2 is 1.93 bits per heavy atom. The lowest BCUT2D eigenvalue weighted by Gasteiger charge is -2.42. The predicted molar refractivity (Wildman–Crippen MR) is 86.6 cm³/mol. The Labute approximate surface area is 155 Å². The van der Waals surface area contributed by atoms with Gasteiger partial charge in [0.05, 0.1) is 38.1 Å². The van der Waals surface area contributed by atoms with Gasteiger partial charge in [0.2, 0.25) is 6.29 Å². The van der Waals surface area contributed by atoms with Gasteiger partial charge in [-0.25, -0.2) is 4.79 Å². The Bertz CT molecular complexity index is 615. The van der Waals surface area contributed by atoms with Crippen LogP contribution in [-0.2, 0) is 23.7 Å². The summed E-state index contributed by atoms with van der Waals surface area (Å²) in [6, 6.07) is 0. The van der Waals surface area contributed by atoms with E-state index in [4.69, 9.17) is 18.9 Å². The molecule has 1 aliphatic carbocycles. The van der Waals surface area contributed by atoms with Crippen molar-refractivity contribution in [3.63, 3.8) is 0 Å². The third-order valence-corrected chi connectivity index (χ3v) is 5.24. The Morgan fingerprint density at radius 1 is 1.19 bits per heavy atom. The summed E-state index contributed by atoms with van der Waals surface area (Å²) in [4.78, 5) is 12.0. The first-order valence-electron chi connectivity index (χ1n) is 8.62. The Morgan fingerprint density at radius 3 is 2.56 bits per heavy atom.